The van der Waals surface area contributed by atoms with Gasteiger partial charge in [-0.05, 0) is 103 Å². The van der Waals surface area contributed by atoms with Gasteiger partial charge in [0.2, 0.25) is 5.91 Å². The van der Waals surface area contributed by atoms with Crippen molar-refractivity contribution >= 4 is 47.3 Å². The van der Waals surface area contributed by atoms with Crippen LogP contribution in [0.4, 0.5) is 5.69 Å². The highest BCUT2D eigenvalue weighted by Crippen LogP contribution is 2.41. The molecule has 1 unspecified atom stereocenters. The number of amides is 1. The summed E-state index contributed by atoms with van der Waals surface area (Å²) in [6.07, 6.45) is 4.75. The SMILES string of the molecule is CC1CCC(C(=O)N(c2cc(-c3ccccc3)sc2C(=O)OCC(OC(=O)C(C)(C)C)c2ccccc2)C2CCN(C)CC2)CC1.Cl. The summed E-state index contributed by atoms with van der Waals surface area (Å²) >= 11 is 1.36. The molecule has 2 aliphatic rings. The molecule has 47 heavy (non-hydrogen) atoms. The normalized spacial score (nSPS) is 19.7. The summed E-state index contributed by atoms with van der Waals surface area (Å²) < 4.78 is 11.9. The predicted molar refractivity (Wildman–Crippen MR) is 191 cm³/mol. The first kappa shape index (κ1) is 36.6. The standard InChI is InChI=1S/C38H48N2O5S.ClH/c1-26-16-18-29(19-17-26)35(41)40(30-20-22-39(5)23-21-30)31-24-33(28-14-10-7-11-15-28)46-34(31)36(42)44-25-32(27-12-8-6-9-13-27)45-37(43)38(2,3)4;/h6-15,24,26,29-30,32H,16-23,25H2,1-5H3;1H. The molecule has 3 aromatic rings. The van der Waals surface area contributed by atoms with Crippen molar-refractivity contribution in [2.45, 2.75) is 78.4 Å². The van der Waals surface area contributed by atoms with Crippen molar-refractivity contribution in [3.8, 4) is 10.4 Å². The first-order valence-corrected chi connectivity index (χ1v) is 17.5. The second-order valence-corrected chi connectivity index (χ2v) is 15.1. The maximum absolute atomic E-state index is 14.5. The lowest BCUT2D eigenvalue weighted by Gasteiger charge is -2.40. The number of hydrogen-bond acceptors (Lipinski definition) is 7. The van der Waals surface area contributed by atoms with Gasteiger partial charge in [0.15, 0.2) is 6.10 Å². The van der Waals surface area contributed by atoms with Crippen LogP contribution in [-0.4, -0.2) is 55.5 Å². The highest BCUT2D eigenvalue weighted by atomic mass is 35.5. The molecule has 9 heteroatoms. The number of likely N-dealkylation sites (tertiary alicyclic amines) is 1. The molecule has 1 saturated heterocycles. The van der Waals surface area contributed by atoms with Crippen LogP contribution in [0.3, 0.4) is 0 Å². The number of ether oxygens (including phenoxy) is 2. The van der Waals surface area contributed by atoms with E-state index in [1.54, 1.807) is 20.8 Å². The third kappa shape index (κ3) is 9.24. The maximum Gasteiger partial charge on any atom is 0.350 e. The Morgan fingerprint density at radius 1 is 0.915 bits per heavy atom. The van der Waals surface area contributed by atoms with Gasteiger partial charge in [-0.15, -0.1) is 23.7 Å². The molecule has 1 saturated carbocycles. The number of halogens is 1. The molecule has 2 heterocycles. The van der Waals surface area contributed by atoms with E-state index in [-0.39, 0.29) is 42.9 Å². The van der Waals surface area contributed by atoms with Crippen LogP contribution in [0.2, 0.25) is 0 Å². The molecule has 1 atom stereocenters. The molecule has 0 spiro atoms. The summed E-state index contributed by atoms with van der Waals surface area (Å²) in [5.74, 6) is -0.199. The average molecular weight is 681 g/mol. The number of esters is 2. The molecule has 1 aliphatic heterocycles. The molecular weight excluding hydrogens is 632 g/mol. The molecule has 1 aliphatic carbocycles. The summed E-state index contributed by atoms with van der Waals surface area (Å²) in [6.45, 7) is 9.31. The number of hydrogen-bond donors (Lipinski definition) is 0. The smallest absolute Gasteiger partial charge is 0.350 e. The van der Waals surface area contributed by atoms with Crippen LogP contribution < -0.4 is 4.90 Å². The van der Waals surface area contributed by atoms with Crippen LogP contribution in [0.1, 0.15) is 87.6 Å². The van der Waals surface area contributed by atoms with Crippen LogP contribution in [0.25, 0.3) is 10.4 Å². The molecule has 2 fully saturated rings. The fourth-order valence-electron chi connectivity index (χ4n) is 6.29. The molecule has 1 aromatic heterocycles. The van der Waals surface area contributed by atoms with Crippen LogP contribution in [0, 0.1) is 17.3 Å². The fourth-order valence-corrected chi connectivity index (χ4v) is 7.34. The van der Waals surface area contributed by atoms with E-state index in [0.717, 1.165) is 67.6 Å². The lowest BCUT2D eigenvalue weighted by molar-refractivity contribution is -0.161. The van der Waals surface area contributed by atoms with Crippen LogP contribution in [0.15, 0.2) is 66.7 Å². The predicted octanol–water partition coefficient (Wildman–Crippen LogP) is 8.58. The summed E-state index contributed by atoms with van der Waals surface area (Å²) in [5, 5.41) is 0. The summed E-state index contributed by atoms with van der Waals surface area (Å²) in [4.78, 5) is 47.1. The lowest BCUT2D eigenvalue weighted by Crippen LogP contribution is -2.49. The highest BCUT2D eigenvalue weighted by molar-refractivity contribution is 7.18. The first-order chi connectivity index (χ1) is 22.0. The minimum absolute atomic E-state index is 0. The number of carbonyl (C=O) groups is 3. The van der Waals surface area contributed by atoms with Gasteiger partial charge in [0, 0.05) is 16.8 Å². The van der Waals surface area contributed by atoms with Gasteiger partial charge < -0.3 is 19.3 Å². The van der Waals surface area contributed by atoms with Gasteiger partial charge >= 0.3 is 11.9 Å². The van der Waals surface area contributed by atoms with E-state index in [4.69, 9.17) is 9.47 Å². The van der Waals surface area contributed by atoms with Gasteiger partial charge in [0.25, 0.3) is 0 Å². The van der Waals surface area contributed by atoms with Crippen LogP contribution in [0.5, 0.6) is 0 Å². The minimum atomic E-state index is -0.760. The molecule has 5 rings (SSSR count). The largest absolute Gasteiger partial charge is 0.457 e. The Morgan fingerprint density at radius 3 is 2.11 bits per heavy atom. The Balaban J connectivity index is 0.00000500. The van der Waals surface area contributed by atoms with Crippen molar-refractivity contribution in [3.05, 3.63) is 77.2 Å². The minimum Gasteiger partial charge on any atom is -0.457 e. The van der Waals surface area contributed by atoms with Crippen molar-refractivity contribution in [1.29, 1.82) is 0 Å². The number of carbonyl (C=O) groups excluding carboxylic acids is 3. The van der Waals surface area contributed by atoms with E-state index >= 15 is 0 Å². The Bertz CT molecular complexity index is 1470. The Morgan fingerprint density at radius 2 is 1.51 bits per heavy atom. The number of rotatable bonds is 9. The van der Waals surface area contributed by atoms with Crippen molar-refractivity contribution < 1.29 is 23.9 Å². The number of nitrogens with zero attached hydrogens (tertiary/aromatic N) is 2. The number of benzene rings is 2. The topological polar surface area (TPSA) is 76.1 Å². The Kier molecular flexibility index (Phi) is 12.7. The summed E-state index contributed by atoms with van der Waals surface area (Å²) in [7, 11) is 2.11. The van der Waals surface area contributed by atoms with Crippen molar-refractivity contribution in [1.82, 2.24) is 4.90 Å². The first-order valence-electron chi connectivity index (χ1n) is 16.6. The van der Waals surface area contributed by atoms with E-state index in [1.807, 2.05) is 71.6 Å². The van der Waals surface area contributed by atoms with E-state index in [9.17, 15) is 14.4 Å². The second-order valence-electron chi connectivity index (χ2n) is 14.0. The molecule has 7 nitrogen and oxygen atoms in total. The highest BCUT2D eigenvalue weighted by Gasteiger charge is 2.38. The number of thiophene rings is 1. The number of piperidine rings is 1. The summed E-state index contributed by atoms with van der Waals surface area (Å²) in [6, 6.07) is 21.3. The van der Waals surface area contributed by atoms with Crippen molar-refractivity contribution in [2.24, 2.45) is 17.3 Å². The zero-order valence-electron chi connectivity index (χ0n) is 28.3. The van der Waals surface area contributed by atoms with Gasteiger partial charge in [0.05, 0.1) is 11.1 Å². The van der Waals surface area contributed by atoms with E-state index in [0.29, 0.717) is 16.5 Å². The van der Waals surface area contributed by atoms with Gasteiger partial charge in [-0.25, -0.2) is 4.79 Å². The van der Waals surface area contributed by atoms with E-state index in [2.05, 4.69) is 18.9 Å². The molecule has 0 radical (unpaired) electrons. The van der Waals surface area contributed by atoms with Gasteiger partial charge in [-0.2, -0.15) is 0 Å². The molecule has 254 valence electrons. The van der Waals surface area contributed by atoms with E-state index in [1.165, 1.54) is 11.3 Å². The zero-order valence-corrected chi connectivity index (χ0v) is 29.9. The van der Waals surface area contributed by atoms with Crippen LogP contribution in [-0.2, 0) is 19.1 Å². The van der Waals surface area contributed by atoms with Crippen molar-refractivity contribution in [3.63, 3.8) is 0 Å². The molecule has 0 bridgehead atoms. The lowest BCUT2D eigenvalue weighted by atomic mass is 9.82. The monoisotopic (exact) mass is 680 g/mol. The molecule has 1 amide bonds. The van der Waals surface area contributed by atoms with Crippen LogP contribution >= 0.6 is 23.7 Å². The van der Waals surface area contributed by atoms with Gasteiger partial charge in [0.1, 0.15) is 11.5 Å². The molecular formula is C38H49ClN2O5S. The second kappa shape index (κ2) is 16.3. The third-order valence-electron chi connectivity index (χ3n) is 9.27. The average Bonchev–Trinajstić information content (AvgIpc) is 3.49. The quantitative estimate of drug-likeness (QED) is 0.211. The zero-order chi connectivity index (χ0) is 32.8. The summed E-state index contributed by atoms with van der Waals surface area (Å²) in [5.41, 5.74) is 1.65. The fraction of sp³-hybridized carbons (Fsp3) is 0.500. The maximum atomic E-state index is 14.5. The van der Waals surface area contributed by atoms with Crippen molar-refractivity contribution in [2.75, 3.05) is 31.6 Å². The Hall–Kier alpha value is -3.20. The third-order valence-corrected chi connectivity index (χ3v) is 10.4. The number of anilines is 1. The van der Waals surface area contributed by atoms with Gasteiger partial charge in [-0.1, -0.05) is 67.6 Å². The Labute approximate surface area is 290 Å². The molecule has 0 N–H and O–H groups in total. The molecule has 2 aromatic carbocycles. The van der Waals surface area contributed by atoms with Gasteiger partial charge in [-0.3, -0.25) is 9.59 Å². The van der Waals surface area contributed by atoms with E-state index < -0.39 is 17.5 Å².